The Hall–Kier alpha value is -0.138. The van der Waals surface area contributed by atoms with E-state index in [2.05, 4.69) is 0 Å². The van der Waals surface area contributed by atoms with Crippen molar-refractivity contribution in [2.45, 2.75) is 38.5 Å². The average Bonchev–Trinajstić information content (AvgIpc) is 2.13. The first-order valence-corrected chi connectivity index (χ1v) is 7.61. The van der Waals surface area contributed by atoms with Crippen molar-refractivity contribution in [3.8, 4) is 0 Å². The molecule has 0 bridgehead atoms. The second-order valence-corrected chi connectivity index (χ2v) is 5.18. The summed E-state index contributed by atoms with van der Waals surface area (Å²) in [6.45, 7) is 0. The molecule has 4 nitrogen and oxygen atoms in total. The van der Waals surface area contributed by atoms with Crippen LogP contribution >= 0.6 is 0 Å². The summed E-state index contributed by atoms with van der Waals surface area (Å²) in [5.74, 6) is -0.393. The molecule has 0 atom stereocenters. The van der Waals surface area contributed by atoms with E-state index < -0.39 is 25.1 Å². The van der Waals surface area contributed by atoms with Gasteiger partial charge in [0.2, 0.25) is 0 Å². The topological polar surface area (TPSA) is 52.6 Å². The second-order valence-electron chi connectivity index (χ2n) is 2.95. The number of carbonyl (C=O) groups is 2. The van der Waals surface area contributed by atoms with Gasteiger partial charge in [0.05, 0.1) is 0 Å². The maximum atomic E-state index is 11.0. The number of rotatable bonds is 0. The molecule has 1 aliphatic rings. The van der Waals surface area contributed by atoms with E-state index in [9.17, 15) is 9.59 Å². The van der Waals surface area contributed by atoms with Crippen molar-refractivity contribution in [2.24, 2.45) is 0 Å². The fraction of sp³-hybridized carbons (Fsp3) is 0.750. The van der Waals surface area contributed by atoms with Gasteiger partial charge in [-0.15, -0.1) is 0 Å². The predicted octanol–water partition coefficient (Wildman–Crippen LogP) is 0.961. The zero-order valence-corrected chi connectivity index (χ0v) is 11.3. The van der Waals surface area contributed by atoms with Crippen LogP contribution in [0.3, 0.4) is 0 Å². The van der Waals surface area contributed by atoms with Crippen molar-refractivity contribution < 1.29 is 15.0 Å². The Morgan fingerprint density at radius 1 is 0.846 bits per heavy atom. The second kappa shape index (κ2) is 6.34. The predicted molar refractivity (Wildman–Crippen MR) is 45.6 cm³/mol. The zero-order chi connectivity index (χ0) is 9.52. The fourth-order valence-corrected chi connectivity index (χ4v) is 2.79. The Morgan fingerprint density at radius 3 is 1.77 bits per heavy atom. The molecule has 0 amide bonds. The maximum absolute atomic E-state index is 11.0. The normalized spacial score (nSPS) is 21.2. The van der Waals surface area contributed by atoms with Crippen LogP contribution in [0, 0.1) is 0 Å². The van der Waals surface area contributed by atoms with Gasteiger partial charge in [-0.1, -0.05) is 0 Å². The van der Waals surface area contributed by atoms with E-state index in [0.717, 1.165) is 25.7 Å². The van der Waals surface area contributed by atoms with Gasteiger partial charge in [-0.2, -0.15) is 0 Å². The van der Waals surface area contributed by atoms with Crippen LogP contribution in [0.1, 0.15) is 38.5 Å². The molecule has 1 heterocycles. The van der Waals surface area contributed by atoms with E-state index in [0.29, 0.717) is 12.8 Å². The summed E-state index contributed by atoms with van der Waals surface area (Å²) in [6, 6.07) is 0. The summed E-state index contributed by atoms with van der Waals surface area (Å²) >= 11 is -1.86. The minimum absolute atomic E-state index is 0.196. The van der Waals surface area contributed by atoms with Crippen molar-refractivity contribution in [3.05, 3.63) is 0 Å². The van der Waals surface area contributed by atoms with Crippen LogP contribution in [0.25, 0.3) is 0 Å². The molecule has 0 saturated carbocycles. The summed E-state index contributed by atoms with van der Waals surface area (Å²) in [6.07, 6.45) is 4.69. The average molecular weight is 379 g/mol. The third-order valence-corrected chi connectivity index (χ3v) is 4.24. The molecule has 0 aromatic heterocycles. The van der Waals surface area contributed by atoms with E-state index in [4.69, 9.17) is 5.37 Å². The molecule has 0 unspecified atom stereocenters. The standard InChI is InChI=1S/C8H14O4.Pb/c9-7(10)5-3-1-2-4-6-8(11)12;/h1-6H2,(H,9,10)(H,11,12);/q;+2/p-2. The van der Waals surface area contributed by atoms with Crippen LogP contribution in [0.2, 0.25) is 0 Å². The van der Waals surface area contributed by atoms with Crippen molar-refractivity contribution in [2.75, 3.05) is 0 Å². The Morgan fingerprint density at radius 2 is 1.31 bits per heavy atom. The molecular formula is C8H12O4Pb. The first-order valence-electron chi connectivity index (χ1n) is 4.43. The number of hydrogen-bond donors (Lipinski definition) is 0. The van der Waals surface area contributed by atoms with Gasteiger partial charge < -0.3 is 0 Å². The van der Waals surface area contributed by atoms with Gasteiger partial charge >= 0.3 is 90.6 Å². The van der Waals surface area contributed by atoms with E-state index in [1.165, 1.54) is 0 Å². The molecule has 1 saturated heterocycles. The molecule has 1 rings (SSSR count). The molecule has 0 aliphatic carbocycles. The van der Waals surface area contributed by atoms with Crippen LogP contribution in [-0.2, 0) is 15.0 Å². The van der Waals surface area contributed by atoms with Gasteiger partial charge in [-0.25, -0.2) is 0 Å². The Kier molecular flexibility index (Phi) is 5.33. The number of carbonyl (C=O) groups excluding carboxylic acids is 2. The summed E-state index contributed by atoms with van der Waals surface area (Å²) < 4.78 is 9.71. The van der Waals surface area contributed by atoms with Crippen LogP contribution < -0.4 is 0 Å². The summed E-state index contributed by atoms with van der Waals surface area (Å²) in [5.41, 5.74) is 0. The Bertz CT molecular complexity index is 173. The molecule has 0 aromatic rings. The van der Waals surface area contributed by atoms with Crippen molar-refractivity contribution in [1.29, 1.82) is 0 Å². The summed E-state index contributed by atoms with van der Waals surface area (Å²) in [7, 11) is 0. The quantitative estimate of drug-likeness (QED) is 0.589. The molecule has 0 N–H and O–H groups in total. The third kappa shape index (κ3) is 5.22. The molecule has 13 heavy (non-hydrogen) atoms. The van der Waals surface area contributed by atoms with Gasteiger partial charge in [-0.3, -0.25) is 0 Å². The minimum atomic E-state index is -1.86. The Balaban J connectivity index is 2.31. The van der Waals surface area contributed by atoms with Crippen LogP contribution in [0.4, 0.5) is 0 Å². The van der Waals surface area contributed by atoms with Crippen LogP contribution in [0.5, 0.6) is 0 Å². The first-order chi connectivity index (χ1) is 6.29. The van der Waals surface area contributed by atoms with Gasteiger partial charge in [0, 0.05) is 0 Å². The van der Waals surface area contributed by atoms with Crippen molar-refractivity contribution >= 4 is 37.1 Å². The van der Waals surface area contributed by atoms with Crippen molar-refractivity contribution in [1.82, 2.24) is 0 Å². The monoisotopic (exact) mass is 380 g/mol. The molecule has 2 radical (unpaired) electrons. The molecule has 1 fully saturated rings. The van der Waals surface area contributed by atoms with Gasteiger partial charge in [0.1, 0.15) is 0 Å². The van der Waals surface area contributed by atoms with E-state index in [1.807, 2.05) is 0 Å². The molecule has 0 aromatic carbocycles. The van der Waals surface area contributed by atoms with Gasteiger partial charge in [-0.05, 0) is 0 Å². The molecule has 72 valence electrons. The van der Waals surface area contributed by atoms with E-state index in [-0.39, 0.29) is 11.9 Å². The summed E-state index contributed by atoms with van der Waals surface area (Å²) in [4.78, 5) is 21.9. The van der Waals surface area contributed by atoms with E-state index >= 15 is 0 Å². The zero-order valence-electron chi connectivity index (χ0n) is 7.38. The fourth-order valence-electron chi connectivity index (χ4n) is 1.11. The first kappa shape index (κ1) is 10.9. The van der Waals surface area contributed by atoms with Crippen molar-refractivity contribution in [3.63, 3.8) is 0 Å². The SMILES string of the molecule is O=C1CCCCCCC(=O)[O][Pb][O]1. The third-order valence-electron chi connectivity index (χ3n) is 1.82. The summed E-state index contributed by atoms with van der Waals surface area (Å²) in [5, 5.41) is 0. The van der Waals surface area contributed by atoms with Crippen LogP contribution in [0.15, 0.2) is 0 Å². The molecular weight excluding hydrogens is 367 g/mol. The molecule has 1 aliphatic heterocycles. The van der Waals surface area contributed by atoms with Gasteiger partial charge in [0.25, 0.3) is 0 Å². The van der Waals surface area contributed by atoms with E-state index in [1.54, 1.807) is 0 Å². The number of hydrogen-bond acceptors (Lipinski definition) is 4. The van der Waals surface area contributed by atoms with Crippen LogP contribution in [-0.4, -0.2) is 37.1 Å². The van der Waals surface area contributed by atoms with Gasteiger partial charge in [0.15, 0.2) is 0 Å². The molecule has 5 heteroatoms. The Labute approximate surface area is 90.5 Å². The molecule has 0 spiro atoms.